The number of phenols is 1. The number of aromatic hydroxyl groups is 1. The van der Waals surface area contributed by atoms with Crippen LogP contribution in [0.25, 0.3) is 0 Å². The zero-order valence-corrected chi connectivity index (χ0v) is 30.9. The minimum Gasteiger partial charge on any atom is -0.0475 e. The fraction of sp³-hybridized carbons (Fsp3) is 0.579. The molecular weight excluding hydrogens is 728 g/mol. The average molecular weight is 774 g/mol. The summed E-state index contributed by atoms with van der Waals surface area (Å²) in [6, 6.07) is 14.3. The number of esters is 4. The number of carbonyl (C=O) groups excluding carboxylic acids is 4. The van der Waals surface area contributed by atoms with Crippen LogP contribution in [-0.4, -0.2) is 68.2 Å². The molecule has 258 valence electrons. The van der Waals surface area contributed by atoms with Crippen LogP contribution >= 0.6 is 0 Å². The predicted molar refractivity (Wildman–Crippen MR) is 178 cm³/mol. The van der Waals surface area contributed by atoms with Crippen LogP contribution in [0.2, 0.25) is 0 Å². The van der Waals surface area contributed by atoms with E-state index in [0.717, 1.165) is 32.9 Å². The number of hydrogen-bond acceptors (Lipinski definition) is 9. The normalized spacial score (nSPS) is 29.1. The molecule has 1 saturated heterocycles. The molecule has 1 N–H and O–H groups in total. The topological polar surface area (TPSA) is 125 Å². The van der Waals surface area contributed by atoms with Crippen LogP contribution in [0, 0.1) is 39.9 Å². The second kappa shape index (κ2) is 12.7. The Kier molecular flexibility index (Phi) is 9.17. The van der Waals surface area contributed by atoms with Gasteiger partial charge in [-0.3, -0.25) is 0 Å². The Labute approximate surface area is 292 Å². The minimum atomic E-state index is -1.81. The number of rotatable bonds is 10. The molecule has 5 fully saturated rings. The van der Waals surface area contributed by atoms with E-state index in [1.807, 2.05) is 31.2 Å². The Morgan fingerprint density at radius 2 is 1.31 bits per heavy atom. The van der Waals surface area contributed by atoms with Crippen LogP contribution in [0.1, 0.15) is 80.1 Å². The molecule has 5 aliphatic rings. The summed E-state index contributed by atoms with van der Waals surface area (Å²) in [5.41, 5.74) is -5.65. The molecule has 4 bridgehead atoms. The van der Waals surface area contributed by atoms with Gasteiger partial charge in [0.15, 0.2) is 0 Å². The number of ether oxygens (including phenoxy) is 4. The van der Waals surface area contributed by atoms with Gasteiger partial charge in [0.25, 0.3) is 0 Å². The van der Waals surface area contributed by atoms with E-state index in [1.165, 1.54) is 6.42 Å². The van der Waals surface area contributed by atoms with Crippen LogP contribution in [0.5, 0.6) is 11.5 Å². The number of benzene rings is 2. The molecule has 2 aromatic rings. The van der Waals surface area contributed by atoms with Crippen molar-refractivity contribution in [2.24, 2.45) is 39.9 Å². The zero-order valence-electron chi connectivity index (χ0n) is 28.6. The van der Waals surface area contributed by atoms with Crippen molar-refractivity contribution in [2.45, 2.75) is 91.8 Å². The minimum absolute atomic E-state index is 0.124. The van der Waals surface area contributed by atoms with Gasteiger partial charge in [0.05, 0.1) is 6.61 Å². The molecule has 7 rings (SSSR count). The van der Waals surface area contributed by atoms with Gasteiger partial charge in [-0.25, -0.2) is 4.79 Å². The molecule has 0 aromatic heterocycles. The Morgan fingerprint density at radius 1 is 0.792 bits per heavy atom. The fourth-order valence-electron chi connectivity index (χ4n) is 8.61. The molecule has 2 aromatic carbocycles. The maximum absolute atomic E-state index is 14.5. The molecular formula is C38H46O9Te. The molecule has 0 radical (unpaired) electrons. The molecule has 0 spiro atoms. The van der Waals surface area contributed by atoms with Gasteiger partial charge in [-0.2, -0.15) is 0 Å². The van der Waals surface area contributed by atoms with Crippen LogP contribution in [0.4, 0.5) is 0 Å². The first-order chi connectivity index (χ1) is 22.5. The summed E-state index contributed by atoms with van der Waals surface area (Å²) in [5, 5.41) is 9.58. The number of phenolic OH excluding ortho intramolecular Hbond substituents is 1. The first-order valence-electron chi connectivity index (χ1n) is 16.9. The van der Waals surface area contributed by atoms with Crippen molar-refractivity contribution in [3.63, 3.8) is 0 Å². The Balaban J connectivity index is 1.25. The van der Waals surface area contributed by atoms with E-state index in [2.05, 4.69) is 0 Å². The number of cyclic esters (lactones) is 1. The maximum atomic E-state index is 14.5. The number of carbonyl (C=O) groups is 4. The number of hydrogen-bond donors (Lipinski definition) is 1. The summed E-state index contributed by atoms with van der Waals surface area (Å²) >= 11 is -0.729. The summed E-state index contributed by atoms with van der Waals surface area (Å²) in [5.74, 6) is -0.414. The molecule has 2 atom stereocenters. The van der Waals surface area contributed by atoms with E-state index in [-0.39, 0.29) is 30.6 Å². The van der Waals surface area contributed by atoms with Crippen molar-refractivity contribution in [3.05, 3.63) is 48.5 Å². The third kappa shape index (κ3) is 6.02. The second-order valence-electron chi connectivity index (χ2n) is 15.6. The van der Waals surface area contributed by atoms with Gasteiger partial charge in [0.2, 0.25) is 0 Å². The second-order valence-corrected chi connectivity index (χ2v) is 18.8. The standard InChI is InChI=1S/C38H46O9Te/c1-35(2,32(41)45-27-9-13-29(14-10-27)48-28-11-7-26(39)8-12-28)38(6,34(43)46-30-15-16-44-31(30)40)36(3,4)33(42)47-37(5)24-18-22-17-23(20-24)21-25(37)19-22/h7-14,22-25,30,39H,15-21H2,1-6H3. The molecule has 2 unspecified atom stereocenters. The van der Waals surface area contributed by atoms with Crippen LogP contribution < -0.4 is 12.0 Å². The summed E-state index contributed by atoms with van der Waals surface area (Å²) in [4.78, 5) is 55.3. The van der Waals surface area contributed by atoms with Crippen LogP contribution in [-0.2, 0) is 33.4 Å². The van der Waals surface area contributed by atoms with E-state index >= 15 is 0 Å². The van der Waals surface area contributed by atoms with E-state index < -0.39 is 72.8 Å². The van der Waals surface area contributed by atoms with Crippen molar-refractivity contribution in [1.29, 1.82) is 0 Å². The molecule has 1 aliphatic heterocycles. The predicted octanol–water partition coefficient (Wildman–Crippen LogP) is 4.63. The van der Waals surface area contributed by atoms with Gasteiger partial charge < -0.3 is 4.74 Å². The van der Waals surface area contributed by atoms with Gasteiger partial charge in [-0.05, 0) is 62.7 Å². The molecule has 0 amide bonds. The Hall–Kier alpha value is -3.09. The molecule has 4 saturated carbocycles. The van der Waals surface area contributed by atoms with Crippen LogP contribution in [0.15, 0.2) is 48.5 Å². The summed E-state index contributed by atoms with van der Waals surface area (Å²) in [6.45, 7) is 10.1. The third-order valence-electron chi connectivity index (χ3n) is 12.2. The van der Waals surface area contributed by atoms with Gasteiger partial charge in [-0.1, -0.05) is 0 Å². The van der Waals surface area contributed by atoms with Crippen LogP contribution in [0.3, 0.4) is 0 Å². The van der Waals surface area contributed by atoms with Crippen molar-refractivity contribution >= 4 is 52.0 Å². The van der Waals surface area contributed by atoms with Gasteiger partial charge >= 0.3 is 215 Å². The van der Waals surface area contributed by atoms with E-state index in [0.29, 0.717) is 17.6 Å². The fourth-order valence-corrected chi connectivity index (χ4v) is 10.9. The van der Waals surface area contributed by atoms with E-state index in [4.69, 9.17) is 18.9 Å². The van der Waals surface area contributed by atoms with Crippen molar-refractivity contribution in [2.75, 3.05) is 6.61 Å². The Bertz CT molecular complexity index is 1550. The van der Waals surface area contributed by atoms with E-state index in [1.54, 1.807) is 58.9 Å². The third-order valence-corrected chi connectivity index (χ3v) is 15.1. The summed E-state index contributed by atoms with van der Waals surface area (Å²) in [7, 11) is 0. The Morgan fingerprint density at radius 3 is 1.83 bits per heavy atom. The zero-order chi connectivity index (χ0) is 34.6. The molecule has 10 heteroatoms. The smallest absolute Gasteiger partial charge is 0.000699 e. The summed E-state index contributed by atoms with van der Waals surface area (Å²) in [6.07, 6.45) is 4.47. The monoisotopic (exact) mass is 776 g/mol. The molecule has 48 heavy (non-hydrogen) atoms. The van der Waals surface area contributed by atoms with Crippen molar-refractivity contribution in [1.82, 2.24) is 0 Å². The molecule has 1 heterocycles. The maximum Gasteiger partial charge on any atom is -0.000699 e. The van der Waals surface area contributed by atoms with Crippen molar-refractivity contribution in [3.8, 4) is 11.5 Å². The van der Waals surface area contributed by atoms with Crippen molar-refractivity contribution < 1.29 is 43.2 Å². The van der Waals surface area contributed by atoms with Gasteiger partial charge in [0, 0.05) is 0 Å². The molecule has 9 nitrogen and oxygen atoms in total. The average Bonchev–Trinajstić information content (AvgIpc) is 3.44. The summed E-state index contributed by atoms with van der Waals surface area (Å²) < 4.78 is 25.5. The first kappa shape index (κ1) is 34.8. The molecule has 4 aliphatic carbocycles. The largest absolute Gasteiger partial charge is 0.0475 e. The van der Waals surface area contributed by atoms with Gasteiger partial charge in [-0.15, -0.1) is 0 Å². The van der Waals surface area contributed by atoms with E-state index in [9.17, 15) is 24.3 Å². The SMILES string of the molecule is CC1(OC(=O)C(C)(C)C(C)(C(=O)OC2CCOC2=O)C(C)(C)C(=O)Oc2ccc([Te]c3ccc(O)cc3)cc2)C2CC3CC(C2)CC1C3. The quantitative estimate of drug-likeness (QED) is 0.159. The van der Waals surface area contributed by atoms with Gasteiger partial charge in [0.1, 0.15) is 0 Å². The first-order valence-corrected chi connectivity index (χ1v) is 19.3.